The van der Waals surface area contributed by atoms with Gasteiger partial charge in [0, 0.05) is 52.5 Å². The fourth-order valence-electron chi connectivity index (χ4n) is 1.81. The van der Waals surface area contributed by atoms with E-state index in [1.165, 1.54) is 0 Å². The average Bonchev–Trinajstić information content (AvgIpc) is 2.66. The molecule has 5 heteroatoms. The van der Waals surface area contributed by atoms with E-state index < -0.39 is 0 Å². The molecule has 0 amide bonds. The van der Waals surface area contributed by atoms with Gasteiger partial charge in [0.25, 0.3) is 0 Å². The van der Waals surface area contributed by atoms with Gasteiger partial charge in [0.15, 0.2) is 0 Å². The summed E-state index contributed by atoms with van der Waals surface area (Å²) in [6.45, 7) is 6.66. The van der Waals surface area contributed by atoms with Crippen molar-refractivity contribution in [2.24, 2.45) is 7.05 Å². The van der Waals surface area contributed by atoms with Crippen LogP contribution in [0.5, 0.6) is 0 Å². The van der Waals surface area contributed by atoms with E-state index >= 15 is 0 Å². The second kappa shape index (κ2) is 5.14. The zero-order valence-electron chi connectivity index (χ0n) is 9.24. The van der Waals surface area contributed by atoms with Crippen molar-refractivity contribution >= 4 is 5.69 Å². The highest BCUT2D eigenvalue weighted by atomic mass is 15.3. The van der Waals surface area contributed by atoms with Gasteiger partial charge >= 0.3 is 0 Å². The second-order valence-corrected chi connectivity index (χ2v) is 3.92. The predicted molar refractivity (Wildman–Crippen MR) is 61.0 cm³/mol. The van der Waals surface area contributed by atoms with Gasteiger partial charge in [-0.05, 0) is 0 Å². The quantitative estimate of drug-likeness (QED) is 0.717. The normalized spacial score (nSPS) is 17.9. The molecule has 84 valence electrons. The number of rotatable bonds is 4. The zero-order chi connectivity index (χ0) is 10.5. The monoisotopic (exact) mass is 209 g/mol. The Morgan fingerprint density at radius 1 is 1.47 bits per heavy atom. The summed E-state index contributed by atoms with van der Waals surface area (Å²) in [6, 6.07) is 0. The molecule has 0 bridgehead atoms. The molecule has 2 N–H and O–H groups in total. The van der Waals surface area contributed by atoms with E-state index in [2.05, 4.69) is 20.6 Å². The van der Waals surface area contributed by atoms with Crippen LogP contribution in [-0.4, -0.2) is 53.9 Å². The molecule has 0 aliphatic carbocycles. The van der Waals surface area contributed by atoms with Crippen LogP contribution in [0.3, 0.4) is 0 Å². The van der Waals surface area contributed by atoms with Crippen LogP contribution in [0.1, 0.15) is 0 Å². The highest BCUT2D eigenvalue weighted by Gasteiger charge is 2.08. The summed E-state index contributed by atoms with van der Waals surface area (Å²) in [5.74, 6) is 0. The van der Waals surface area contributed by atoms with Crippen LogP contribution in [0, 0.1) is 0 Å². The van der Waals surface area contributed by atoms with Crippen LogP contribution in [0.25, 0.3) is 0 Å². The Morgan fingerprint density at radius 3 is 2.93 bits per heavy atom. The summed E-state index contributed by atoms with van der Waals surface area (Å²) in [5, 5.41) is 10.8. The molecular formula is C10H19N5. The van der Waals surface area contributed by atoms with Gasteiger partial charge in [-0.2, -0.15) is 5.10 Å². The third kappa shape index (κ3) is 3.21. The zero-order valence-corrected chi connectivity index (χ0v) is 9.24. The van der Waals surface area contributed by atoms with Crippen molar-refractivity contribution in [3.63, 3.8) is 0 Å². The van der Waals surface area contributed by atoms with Gasteiger partial charge in [0.05, 0.1) is 11.9 Å². The Balaban J connectivity index is 1.65. The first-order chi connectivity index (χ1) is 7.34. The minimum absolute atomic E-state index is 0.992. The van der Waals surface area contributed by atoms with Crippen molar-refractivity contribution in [1.29, 1.82) is 0 Å². The highest BCUT2D eigenvalue weighted by molar-refractivity contribution is 5.37. The van der Waals surface area contributed by atoms with E-state index in [4.69, 9.17) is 0 Å². The summed E-state index contributed by atoms with van der Waals surface area (Å²) in [5.41, 5.74) is 1.10. The summed E-state index contributed by atoms with van der Waals surface area (Å²) in [6.07, 6.45) is 3.86. The molecule has 0 saturated carbocycles. The van der Waals surface area contributed by atoms with Gasteiger partial charge in [-0.1, -0.05) is 0 Å². The number of hydrogen-bond acceptors (Lipinski definition) is 4. The SMILES string of the molecule is Cn1cc(NCCN2CCNCC2)cn1. The predicted octanol–water partition coefficient (Wildman–Crippen LogP) is -0.263. The first-order valence-electron chi connectivity index (χ1n) is 5.50. The van der Waals surface area contributed by atoms with Crippen LogP contribution in [0.15, 0.2) is 12.4 Å². The molecule has 0 spiro atoms. The van der Waals surface area contributed by atoms with Crippen molar-refractivity contribution in [3.8, 4) is 0 Å². The summed E-state index contributed by atoms with van der Waals surface area (Å²) in [7, 11) is 1.93. The van der Waals surface area contributed by atoms with Crippen LogP contribution in [0.4, 0.5) is 5.69 Å². The third-order valence-electron chi connectivity index (χ3n) is 2.67. The maximum atomic E-state index is 4.11. The van der Waals surface area contributed by atoms with Crippen LogP contribution >= 0.6 is 0 Å². The molecule has 1 aliphatic heterocycles. The fourth-order valence-corrected chi connectivity index (χ4v) is 1.81. The van der Waals surface area contributed by atoms with Crippen molar-refractivity contribution in [2.75, 3.05) is 44.6 Å². The maximum absolute atomic E-state index is 4.11. The molecule has 1 aromatic rings. The van der Waals surface area contributed by atoms with Crippen molar-refractivity contribution in [2.45, 2.75) is 0 Å². The van der Waals surface area contributed by atoms with Crippen molar-refractivity contribution < 1.29 is 0 Å². The lowest BCUT2D eigenvalue weighted by molar-refractivity contribution is 0.249. The van der Waals surface area contributed by atoms with Crippen LogP contribution in [0.2, 0.25) is 0 Å². The number of aromatic nitrogens is 2. The highest BCUT2D eigenvalue weighted by Crippen LogP contribution is 2.02. The van der Waals surface area contributed by atoms with Gasteiger partial charge in [-0.25, -0.2) is 0 Å². The number of aryl methyl sites for hydroxylation is 1. The smallest absolute Gasteiger partial charge is 0.0726 e. The number of hydrogen-bond donors (Lipinski definition) is 2. The molecule has 15 heavy (non-hydrogen) atoms. The molecule has 0 atom stereocenters. The van der Waals surface area contributed by atoms with E-state index in [1.54, 1.807) is 0 Å². The van der Waals surface area contributed by atoms with Gasteiger partial charge < -0.3 is 10.6 Å². The fraction of sp³-hybridized carbons (Fsp3) is 0.700. The number of piperazine rings is 1. The molecule has 0 unspecified atom stereocenters. The van der Waals surface area contributed by atoms with E-state index in [1.807, 2.05) is 24.1 Å². The van der Waals surface area contributed by atoms with Crippen LogP contribution < -0.4 is 10.6 Å². The molecule has 1 saturated heterocycles. The van der Waals surface area contributed by atoms with Gasteiger partial charge in [0.1, 0.15) is 0 Å². The average molecular weight is 209 g/mol. The molecule has 5 nitrogen and oxygen atoms in total. The number of anilines is 1. The molecular weight excluding hydrogens is 190 g/mol. The van der Waals surface area contributed by atoms with Crippen molar-refractivity contribution in [3.05, 3.63) is 12.4 Å². The van der Waals surface area contributed by atoms with E-state index in [0.29, 0.717) is 0 Å². The third-order valence-corrected chi connectivity index (χ3v) is 2.67. The summed E-state index contributed by atoms with van der Waals surface area (Å²) in [4.78, 5) is 2.47. The van der Waals surface area contributed by atoms with Crippen molar-refractivity contribution in [1.82, 2.24) is 20.0 Å². The summed E-state index contributed by atoms with van der Waals surface area (Å²) >= 11 is 0. The van der Waals surface area contributed by atoms with Gasteiger partial charge in [-0.15, -0.1) is 0 Å². The van der Waals surface area contributed by atoms with E-state index in [-0.39, 0.29) is 0 Å². The largest absolute Gasteiger partial charge is 0.381 e. The van der Waals surface area contributed by atoms with Gasteiger partial charge in [-0.3, -0.25) is 9.58 Å². The molecule has 1 fully saturated rings. The second-order valence-electron chi connectivity index (χ2n) is 3.92. The minimum Gasteiger partial charge on any atom is -0.381 e. The van der Waals surface area contributed by atoms with Crippen LogP contribution in [-0.2, 0) is 7.05 Å². The first kappa shape index (κ1) is 10.4. The first-order valence-corrected chi connectivity index (χ1v) is 5.50. The Bertz CT molecular complexity index is 290. The molecule has 1 aliphatic rings. The molecule has 0 radical (unpaired) electrons. The Hall–Kier alpha value is -1.07. The van der Waals surface area contributed by atoms with E-state index in [0.717, 1.165) is 45.0 Å². The lowest BCUT2D eigenvalue weighted by atomic mass is 10.3. The molecule has 2 rings (SSSR count). The molecule has 2 heterocycles. The lowest BCUT2D eigenvalue weighted by Gasteiger charge is -2.27. The Labute approximate surface area is 90.4 Å². The van der Waals surface area contributed by atoms with Gasteiger partial charge in [0.2, 0.25) is 0 Å². The minimum atomic E-state index is 0.992. The number of nitrogens with zero attached hydrogens (tertiary/aromatic N) is 3. The Morgan fingerprint density at radius 2 is 2.27 bits per heavy atom. The number of nitrogens with one attached hydrogen (secondary N) is 2. The maximum Gasteiger partial charge on any atom is 0.0726 e. The molecule has 0 aromatic carbocycles. The van der Waals surface area contributed by atoms with E-state index in [9.17, 15) is 0 Å². The topological polar surface area (TPSA) is 45.1 Å². The molecule has 1 aromatic heterocycles. The standard InChI is InChI=1S/C10H19N5/c1-14-9-10(8-13-14)12-4-7-15-5-2-11-3-6-15/h8-9,11-12H,2-7H2,1H3. The summed E-state index contributed by atoms with van der Waals surface area (Å²) < 4.78 is 1.81. The lowest BCUT2D eigenvalue weighted by Crippen LogP contribution is -2.45. The Kier molecular flexibility index (Phi) is 3.58.